The van der Waals surface area contributed by atoms with Gasteiger partial charge in [-0.1, -0.05) is 44.0 Å². The molecule has 0 saturated carbocycles. The van der Waals surface area contributed by atoms with Crippen molar-refractivity contribution in [2.45, 2.75) is 51.2 Å². The van der Waals surface area contributed by atoms with Crippen LogP contribution in [-0.2, 0) is 22.6 Å². The number of carboxylic acids is 1. The van der Waals surface area contributed by atoms with Crippen molar-refractivity contribution >= 4 is 11.9 Å². The summed E-state index contributed by atoms with van der Waals surface area (Å²) in [6.45, 7) is 2.64. The molecule has 21 heavy (non-hydrogen) atoms. The SMILES string of the molecule is CCCC[C@H](NC(=O)[C@@H]1Cc2ccccc2CN1)C(=O)O. The predicted molar refractivity (Wildman–Crippen MR) is 79.9 cm³/mol. The Morgan fingerprint density at radius 1 is 1.38 bits per heavy atom. The van der Waals surface area contributed by atoms with Gasteiger partial charge < -0.3 is 15.7 Å². The third-order valence-corrected chi connectivity index (χ3v) is 3.86. The van der Waals surface area contributed by atoms with Crippen LogP contribution in [0.15, 0.2) is 24.3 Å². The minimum absolute atomic E-state index is 0.229. The molecule has 114 valence electrons. The first-order chi connectivity index (χ1) is 10.1. The molecule has 0 unspecified atom stereocenters. The number of nitrogens with one attached hydrogen (secondary N) is 2. The minimum Gasteiger partial charge on any atom is -0.480 e. The van der Waals surface area contributed by atoms with Gasteiger partial charge in [-0.25, -0.2) is 4.79 Å². The number of carboxylic acid groups (broad SMARTS) is 1. The van der Waals surface area contributed by atoms with Crippen molar-refractivity contribution in [2.75, 3.05) is 0 Å². The Hall–Kier alpha value is -1.88. The first-order valence-electron chi connectivity index (χ1n) is 7.45. The highest BCUT2D eigenvalue weighted by atomic mass is 16.4. The van der Waals surface area contributed by atoms with Crippen LogP contribution in [0.1, 0.15) is 37.3 Å². The zero-order chi connectivity index (χ0) is 15.2. The van der Waals surface area contributed by atoms with Crippen LogP contribution in [0.5, 0.6) is 0 Å². The summed E-state index contributed by atoms with van der Waals surface area (Å²) >= 11 is 0. The Morgan fingerprint density at radius 3 is 2.76 bits per heavy atom. The van der Waals surface area contributed by atoms with Crippen LogP contribution in [0.3, 0.4) is 0 Å². The molecule has 1 heterocycles. The molecule has 1 aliphatic heterocycles. The van der Waals surface area contributed by atoms with Gasteiger partial charge >= 0.3 is 5.97 Å². The molecule has 0 aromatic heterocycles. The van der Waals surface area contributed by atoms with E-state index in [9.17, 15) is 9.59 Å². The van der Waals surface area contributed by atoms with Gasteiger partial charge in [0.25, 0.3) is 0 Å². The van der Waals surface area contributed by atoms with E-state index in [4.69, 9.17) is 5.11 Å². The van der Waals surface area contributed by atoms with Gasteiger partial charge in [-0.3, -0.25) is 4.79 Å². The smallest absolute Gasteiger partial charge is 0.326 e. The standard InChI is InChI=1S/C16H22N2O3/c1-2-3-8-13(16(20)21)18-15(19)14-9-11-6-4-5-7-12(11)10-17-14/h4-7,13-14,17H,2-3,8-10H2,1H3,(H,18,19)(H,20,21)/t13-,14-/m0/s1. The number of amides is 1. The average molecular weight is 290 g/mol. The Kier molecular flexibility index (Phi) is 5.33. The summed E-state index contributed by atoms with van der Waals surface area (Å²) in [5.74, 6) is -1.19. The number of benzene rings is 1. The quantitative estimate of drug-likeness (QED) is 0.741. The minimum atomic E-state index is -0.965. The second-order valence-electron chi connectivity index (χ2n) is 5.45. The second kappa shape index (κ2) is 7.22. The molecule has 2 atom stereocenters. The maximum atomic E-state index is 12.2. The van der Waals surface area contributed by atoms with Crippen molar-refractivity contribution in [2.24, 2.45) is 0 Å². The molecule has 0 saturated heterocycles. The predicted octanol–water partition coefficient (Wildman–Crippen LogP) is 1.46. The lowest BCUT2D eigenvalue weighted by atomic mass is 9.95. The zero-order valence-corrected chi connectivity index (χ0v) is 12.3. The summed E-state index contributed by atoms with van der Waals surface area (Å²) in [6.07, 6.45) is 2.77. The van der Waals surface area contributed by atoms with Crippen LogP contribution in [0.25, 0.3) is 0 Å². The molecular weight excluding hydrogens is 268 g/mol. The van der Waals surface area contributed by atoms with Crippen molar-refractivity contribution in [3.05, 3.63) is 35.4 Å². The molecule has 0 radical (unpaired) electrons. The van der Waals surface area contributed by atoms with Crippen molar-refractivity contribution in [1.29, 1.82) is 0 Å². The highest BCUT2D eigenvalue weighted by molar-refractivity contribution is 5.87. The van der Waals surface area contributed by atoms with Gasteiger partial charge in [-0.15, -0.1) is 0 Å². The van der Waals surface area contributed by atoms with Crippen LogP contribution < -0.4 is 10.6 Å². The fraction of sp³-hybridized carbons (Fsp3) is 0.500. The van der Waals surface area contributed by atoms with Gasteiger partial charge in [0.1, 0.15) is 6.04 Å². The summed E-state index contributed by atoms with van der Waals surface area (Å²) in [5, 5.41) is 15.0. The molecule has 5 nitrogen and oxygen atoms in total. The van der Waals surface area contributed by atoms with Crippen LogP contribution >= 0.6 is 0 Å². The van der Waals surface area contributed by atoms with Crippen LogP contribution in [0, 0.1) is 0 Å². The number of hydrogen-bond acceptors (Lipinski definition) is 3. The number of aliphatic carboxylic acids is 1. The highest BCUT2D eigenvalue weighted by Gasteiger charge is 2.27. The Labute approximate surface area is 124 Å². The van der Waals surface area contributed by atoms with E-state index < -0.39 is 12.0 Å². The van der Waals surface area contributed by atoms with E-state index in [1.165, 1.54) is 5.56 Å². The largest absolute Gasteiger partial charge is 0.480 e. The van der Waals surface area contributed by atoms with Crippen LogP contribution in [-0.4, -0.2) is 29.1 Å². The lowest BCUT2D eigenvalue weighted by Crippen LogP contribution is -2.52. The second-order valence-corrected chi connectivity index (χ2v) is 5.45. The number of rotatable bonds is 6. The van der Waals surface area contributed by atoms with E-state index in [0.29, 0.717) is 19.4 Å². The summed E-state index contributed by atoms with van der Waals surface area (Å²) < 4.78 is 0. The monoisotopic (exact) mass is 290 g/mol. The van der Waals surface area contributed by atoms with E-state index >= 15 is 0 Å². The summed E-state index contributed by atoms with van der Waals surface area (Å²) in [6, 6.07) is 6.84. The topological polar surface area (TPSA) is 78.4 Å². The molecule has 2 rings (SSSR count). The maximum absolute atomic E-state index is 12.2. The molecule has 0 aliphatic carbocycles. The number of hydrogen-bond donors (Lipinski definition) is 3. The average Bonchev–Trinajstić information content (AvgIpc) is 2.50. The molecule has 1 aromatic rings. The normalized spacial score (nSPS) is 18.6. The molecule has 1 aliphatic rings. The lowest BCUT2D eigenvalue weighted by molar-refractivity contribution is -0.142. The van der Waals surface area contributed by atoms with Gasteiger partial charge in [0.05, 0.1) is 6.04 Å². The van der Waals surface area contributed by atoms with Crippen molar-refractivity contribution in [3.8, 4) is 0 Å². The van der Waals surface area contributed by atoms with E-state index in [1.54, 1.807) is 0 Å². The molecule has 3 N–H and O–H groups in total. The summed E-state index contributed by atoms with van der Waals surface area (Å²) in [4.78, 5) is 23.4. The van der Waals surface area contributed by atoms with Gasteiger partial charge in [0.15, 0.2) is 0 Å². The summed E-state index contributed by atoms with van der Waals surface area (Å²) in [7, 11) is 0. The van der Waals surface area contributed by atoms with Gasteiger partial charge in [0.2, 0.25) is 5.91 Å². The first kappa shape index (κ1) is 15.5. The number of unbranched alkanes of at least 4 members (excludes halogenated alkanes) is 1. The Morgan fingerprint density at radius 2 is 2.10 bits per heavy atom. The van der Waals surface area contributed by atoms with E-state index in [2.05, 4.69) is 10.6 Å². The lowest BCUT2D eigenvalue weighted by Gasteiger charge is -2.26. The Balaban J connectivity index is 1.96. The highest BCUT2D eigenvalue weighted by Crippen LogP contribution is 2.16. The van der Waals surface area contributed by atoms with Crippen molar-refractivity contribution < 1.29 is 14.7 Å². The molecule has 0 fully saturated rings. The summed E-state index contributed by atoms with van der Waals surface area (Å²) in [5.41, 5.74) is 2.35. The molecule has 1 aromatic carbocycles. The molecule has 5 heteroatoms. The van der Waals surface area contributed by atoms with Gasteiger partial charge in [-0.05, 0) is 24.0 Å². The number of carbonyl (C=O) groups excluding carboxylic acids is 1. The molecule has 0 bridgehead atoms. The maximum Gasteiger partial charge on any atom is 0.326 e. The van der Waals surface area contributed by atoms with Crippen LogP contribution in [0.4, 0.5) is 0 Å². The molecule has 1 amide bonds. The van der Waals surface area contributed by atoms with Crippen molar-refractivity contribution in [3.63, 3.8) is 0 Å². The van der Waals surface area contributed by atoms with E-state index in [0.717, 1.165) is 18.4 Å². The zero-order valence-electron chi connectivity index (χ0n) is 12.3. The fourth-order valence-corrected chi connectivity index (χ4v) is 2.58. The third kappa shape index (κ3) is 4.04. The van der Waals surface area contributed by atoms with Crippen LogP contribution in [0.2, 0.25) is 0 Å². The van der Waals surface area contributed by atoms with Gasteiger partial charge in [0, 0.05) is 6.54 Å². The van der Waals surface area contributed by atoms with E-state index in [1.807, 2.05) is 31.2 Å². The van der Waals surface area contributed by atoms with Gasteiger partial charge in [-0.2, -0.15) is 0 Å². The third-order valence-electron chi connectivity index (χ3n) is 3.86. The first-order valence-corrected chi connectivity index (χ1v) is 7.45. The van der Waals surface area contributed by atoms with E-state index in [-0.39, 0.29) is 11.9 Å². The number of carbonyl (C=O) groups is 2. The number of fused-ring (bicyclic) bond motifs is 1. The fourth-order valence-electron chi connectivity index (χ4n) is 2.58. The van der Waals surface area contributed by atoms with Crippen molar-refractivity contribution in [1.82, 2.24) is 10.6 Å². The molecular formula is C16H22N2O3. The molecule has 0 spiro atoms. The Bertz CT molecular complexity index is 516.